The highest BCUT2D eigenvalue weighted by molar-refractivity contribution is 6.30. The van der Waals surface area contributed by atoms with Gasteiger partial charge in [0.15, 0.2) is 0 Å². The number of allylic oxidation sites excluding steroid dienone is 1. The first-order chi connectivity index (χ1) is 14.2. The van der Waals surface area contributed by atoms with Crippen LogP contribution < -0.4 is 0 Å². The number of hydrogen-bond donors (Lipinski definition) is 1. The van der Waals surface area contributed by atoms with Crippen molar-refractivity contribution in [3.8, 4) is 11.1 Å². The third-order valence-corrected chi connectivity index (χ3v) is 6.07. The quantitative estimate of drug-likeness (QED) is 0.670. The summed E-state index contributed by atoms with van der Waals surface area (Å²) in [4.78, 5) is 7.03. The van der Waals surface area contributed by atoms with E-state index in [0.717, 1.165) is 54.3 Å². The van der Waals surface area contributed by atoms with Crippen LogP contribution in [-0.2, 0) is 13.0 Å². The molecule has 1 fully saturated rings. The maximum Gasteiger partial charge on any atom is 0.0679 e. The second-order valence-electron chi connectivity index (χ2n) is 7.93. The van der Waals surface area contributed by atoms with E-state index in [-0.39, 0.29) is 6.10 Å². The number of fused-ring (bicyclic) bond motifs is 1. The Labute approximate surface area is 176 Å². The highest BCUT2D eigenvalue weighted by atomic mass is 35.5. The Bertz CT molecular complexity index is 1070. The van der Waals surface area contributed by atoms with Gasteiger partial charge in [0, 0.05) is 48.4 Å². The molecule has 1 aliphatic heterocycles. The number of aliphatic hydroxyl groups is 1. The van der Waals surface area contributed by atoms with Crippen molar-refractivity contribution in [1.82, 2.24) is 9.88 Å². The zero-order valence-corrected chi connectivity index (χ0v) is 16.9. The van der Waals surface area contributed by atoms with Crippen molar-refractivity contribution in [1.29, 1.82) is 0 Å². The van der Waals surface area contributed by atoms with Gasteiger partial charge >= 0.3 is 0 Å². The Balaban J connectivity index is 1.39. The third-order valence-electron chi connectivity index (χ3n) is 5.84. The van der Waals surface area contributed by atoms with E-state index < -0.39 is 0 Å². The molecule has 2 aromatic carbocycles. The van der Waals surface area contributed by atoms with Gasteiger partial charge in [-0.2, -0.15) is 0 Å². The van der Waals surface area contributed by atoms with Crippen LogP contribution in [0.15, 0.2) is 66.9 Å². The van der Waals surface area contributed by atoms with E-state index in [1.165, 1.54) is 22.3 Å². The second kappa shape index (κ2) is 7.75. The molecule has 0 bridgehead atoms. The molecule has 1 saturated heterocycles. The molecule has 3 aromatic rings. The van der Waals surface area contributed by atoms with Crippen molar-refractivity contribution in [3.05, 3.63) is 94.3 Å². The molecule has 1 aromatic heterocycles. The molecule has 5 rings (SSSR count). The number of rotatable bonds is 4. The summed E-state index contributed by atoms with van der Waals surface area (Å²) in [7, 11) is 0. The summed E-state index contributed by atoms with van der Waals surface area (Å²) in [6.45, 7) is 2.63. The summed E-state index contributed by atoms with van der Waals surface area (Å²) in [5, 5.41) is 10.5. The van der Waals surface area contributed by atoms with E-state index in [2.05, 4.69) is 47.4 Å². The zero-order valence-electron chi connectivity index (χ0n) is 16.2. The topological polar surface area (TPSA) is 36.4 Å². The molecule has 0 radical (unpaired) electrons. The van der Waals surface area contributed by atoms with Crippen molar-refractivity contribution in [2.24, 2.45) is 0 Å². The van der Waals surface area contributed by atoms with E-state index in [9.17, 15) is 5.11 Å². The lowest BCUT2D eigenvalue weighted by molar-refractivity contribution is 0.175. The summed E-state index contributed by atoms with van der Waals surface area (Å²) in [6, 6.07) is 19.0. The van der Waals surface area contributed by atoms with Crippen molar-refractivity contribution in [2.75, 3.05) is 13.1 Å². The summed E-state index contributed by atoms with van der Waals surface area (Å²) in [5.41, 5.74) is 8.23. The SMILES string of the molecule is O[C@@H]1CCN(Cc2ccc(-c3cnc4c(c3)C(c3cccc(Cl)c3)=CC4)cc2)C1. The molecule has 0 saturated carbocycles. The van der Waals surface area contributed by atoms with E-state index >= 15 is 0 Å². The van der Waals surface area contributed by atoms with Crippen LogP contribution in [0.5, 0.6) is 0 Å². The van der Waals surface area contributed by atoms with E-state index in [0.29, 0.717) is 0 Å². The fourth-order valence-electron chi connectivity index (χ4n) is 4.30. The third kappa shape index (κ3) is 3.86. The number of β-amino-alcohol motifs (C(OH)–C–C–N with tert-alkyl or cyclic N) is 1. The summed E-state index contributed by atoms with van der Waals surface area (Å²) in [5.74, 6) is 0. The van der Waals surface area contributed by atoms with Crippen LogP contribution in [-0.4, -0.2) is 34.2 Å². The van der Waals surface area contributed by atoms with Gasteiger partial charge in [0.05, 0.1) is 11.8 Å². The maximum absolute atomic E-state index is 9.71. The molecule has 1 atom stereocenters. The van der Waals surface area contributed by atoms with Gasteiger partial charge in [-0.25, -0.2) is 0 Å². The van der Waals surface area contributed by atoms with Crippen LogP contribution >= 0.6 is 11.6 Å². The molecule has 146 valence electrons. The molecular formula is C25H23ClN2O. The number of pyridine rings is 1. The normalized spacial score (nSPS) is 18.7. The molecule has 0 unspecified atom stereocenters. The van der Waals surface area contributed by atoms with Gasteiger partial charge in [-0.3, -0.25) is 9.88 Å². The first-order valence-electron chi connectivity index (χ1n) is 10.1. The van der Waals surface area contributed by atoms with Crippen molar-refractivity contribution >= 4 is 17.2 Å². The minimum atomic E-state index is -0.173. The number of likely N-dealkylation sites (tertiary alicyclic amines) is 1. The number of aromatic nitrogens is 1. The molecule has 0 spiro atoms. The monoisotopic (exact) mass is 402 g/mol. The van der Waals surface area contributed by atoms with Crippen molar-refractivity contribution in [2.45, 2.75) is 25.5 Å². The Morgan fingerprint density at radius 1 is 1.03 bits per heavy atom. The zero-order chi connectivity index (χ0) is 19.8. The number of aliphatic hydroxyl groups excluding tert-OH is 1. The number of nitrogens with zero attached hydrogens (tertiary/aromatic N) is 2. The molecule has 0 amide bonds. The van der Waals surface area contributed by atoms with Crippen molar-refractivity contribution < 1.29 is 5.11 Å². The van der Waals surface area contributed by atoms with E-state index in [1.807, 2.05) is 24.4 Å². The molecule has 2 aliphatic rings. The maximum atomic E-state index is 9.71. The number of benzene rings is 2. The molecule has 2 heterocycles. The van der Waals surface area contributed by atoms with Crippen LogP contribution in [0.1, 0.15) is 28.8 Å². The predicted octanol–water partition coefficient (Wildman–Crippen LogP) is 4.96. The predicted molar refractivity (Wildman–Crippen MR) is 118 cm³/mol. The lowest BCUT2D eigenvalue weighted by Gasteiger charge is -2.15. The Kier molecular flexibility index (Phi) is 4.96. The first-order valence-corrected chi connectivity index (χ1v) is 10.5. The average Bonchev–Trinajstić information content (AvgIpc) is 3.34. The van der Waals surface area contributed by atoms with E-state index in [4.69, 9.17) is 16.6 Å². The van der Waals surface area contributed by atoms with Crippen LogP contribution in [0, 0.1) is 0 Å². The summed E-state index contributed by atoms with van der Waals surface area (Å²) < 4.78 is 0. The molecule has 3 nitrogen and oxygen atoms in total. The van der Waals surface area contributed by atoms with Crippen LogP contribution in [0.25, 0.3) is 16.7 Å². The Morgan fingerprint density at radius 3 is 2.66 bits per heavy atom. The summed E-state index contributed by atoms with van der Waals surface area (Å²) in [6.07, 6.45) is 5.77. The Hall–Kier alpha value is -2.46. The number of hydrogen-bond acceptors (Lipinski definition) is 3. The van der Waals surface area contributed by atoms with Crippen LogP contribution in [0.3, 0.4) is 0 Å². The van der Waals surface area contributed by atoms with Crippen LogP contribution in [0.2, 0.25) is 5.02 Å². The fraction of sp³-hybridized carbons (Fsp3) is 0.240. The lowest BCUT2D eigenvalue weighted by Crippen LogP contribution is -2.21. The minimum absolute atomic E-state index is 0.173. The van der Waals surface area contributed by atoms with E-state index in [1.54, 1.807) is 0 Å². The molecule has 1 aliphatic carbocycles. The minimum Gasteiger partial charge on any atom is -0.392 e. The Morgan fingerprint density at radius 2 is 1.90 bits per heavy atom. The fourth-order valence-corrected chi connectivity index (χ4v) is 4.49. The van der Waals surface area contributed by atoms with Crippen LogP contribution in [0.4, 0.5) is 0 Å². The van der Waals surface area contributed by atoms with Gasteiger partial charge < -0.3 is 5.11 Å². The lowest BCUT2D eigenvalue weighted by atomic mass is 9.97. The van der Waals surface area contributed by atoms with Gasteiger partial charge in [-0.05, 0) is 46.9 Å². The largest absolute Gasteiger partial charge is 0.392 e. The smallest absolute Gasteiger partial charge is 0.0679 e. The average molecular weight is 403 g/mol. The standard InChI is InChI=1S/C25H23ClN2O/c26-21-3-1-2-19(12-21)23-8-9-25-24(23)13-20(14-27-25)18-6-4-17(5-7-18)15-28-11-10-22(29)16-28/h1-8,12-14,22,29H,9-11,15-16H2/t22-/m1/s1. The number of halogens is 1. The van der Waals surface area contributed by atoms with Crippen molar-refractivity contribution in [3.63, 3.8) is 0 Å². The highest BCUT2D eigenvalue weighted by Crippen LogP contribution is 2.35. The van der Waals surface area contributed by atoms with Gasteiger partial charge in [-0.1, -0.05) is 54.1 Å². The first kappa shape index (κ1) is 18.6. The van der Waals surface area contributed by atoms with Gasteiger partial charge in [0.25, 0.3) is 0 Å². The van der Waals surface area contributed by atoms with Gasteiger partial charge in [-0.15, -0.1) is 0 Å². The summed E-state index contributed by atoms with van der Waals surface area (Å²) >= 11 is 6.20. The molecule has 1 N–H and O–H groups in total. The van der Waals surface area contributed by atoms with Gasteiger partial charge in [0.2, 0.25) is 0 Å². The molecular weight excluding hydrogens is 380 g/mol. The second-order valence-corrected chi connectivity index (χ2v) is 8.36. The molecule has 29 heavy (non-hydrogen) atoms. The highest BCUT2D eigenvalue weighted by Gasteiger charge is 2.20. The molecule has 4 heteroatoms. The van der Waals surface area contributed by atoms with Gasteiger partial charge in [0.1, 0.15) is 0 Å².